The first kappa shape index (κ1) is 25.3. The first-order chi connectivity index (χ1) is 16.8. The van der Waals surface area contributed by atoms with Crippen molar-refractivity contribution in [1.29, 1.82) is 0 Å². The van der Waals surface area contributed by atoms with Crippen LogP contribution in [0.2, 0.25) is 0 Å². The number of fused-ring (bicyclic) bond motifs is 1. The molecule has 1 unspecified atom stereocenters. The molecule has 0 amide bonds. The maximum Gasteiger partial charge on any atom is 0.417 e. The Bertz CT molecular complexity index is 1380. The van der Waals surface area contributed by atoms with Crippen LogP contribution in [0.3, 0.4) is 0 Å². The Hall–Kier alpha value is -2.32. The average Bonchev–Trinajstić information content (AvgIpc) is 3.52. The number of hydrogen-bond donors (Lipinski definition) is 1. The molecule has 0 spiro atoms. The Morgan fingerprint density at radius 3 is 2.31 bits per heavy atom. The zero-order chi connectivity index (χ0) is 25.9. The molecule has 3 aromatic rings. The van der Waals surface area contributed by atoms with Crippen molar-refractivity contribution in [3.8, 4) is 11.1 Å². The quantitative estimate of drug-likeness (QED) is 0.357. The van der Waals surface area contributed by atoms with E-state index in [1.807, 2.05) is 18.3 Å². The van der Waals surface area contributed by atoms with Crippen molar-refractivity contribution in [1.82, 2.24) is 9.29 Å². The number of nitrogens with one attached hydrogen (secondary N) is 1. The number of rotatable bonds is 7. The van der Waals surface area contributed by atoms with Gasteiger partial charge in [-0.3, -0.25) is 0 Å². The highest BCUT2D eigenvalue weighted by atomic mass is 32.2. The van der Waals surface area contributed by atoms with Crippen LogP contribution in [0.5, 0.6) is 0 Å². The van der Waals surface area contributed by atoms with Gasteiger partial charge in [0.1, 0.15) is 0 Å². The molecule has 194 valence electrons. The van der Waals surface area contributed by atoms with Crippen molar-refractivity contribution in [3.63, 3.8) is 0 Å². The van der Waals surface area contributed by atoms with E-state index in [0.717, 1.165) is 41.8 Å². The van der Waals surface area contributed by atoms with Crippen LogP contribution in [0.4, 0.5) is 13.2 Å². The summed E-state index contributed by atoms with van der Waals surface area (Å²) in [6, 6.07) is 10.7. The van der Waals surface area contributed by atoms with E-state index in [2.05, 4.69) is 30.1 Å². The number of alkyl halides is 3. The molecule has 0 bridgehead atoms. The number of benzene rings is 2. The van der Waals surface area contributed by atoms with Crippen molar-refractivity contribution in [2.45, 2.75) is 76.9 Å². The zero-order valence-electron chi connectivity index (χ0n) is 20.9. The molecule has 8 heteroatoms. The summed E-state index contributed by atoms with van der Waals surface area (Å²) >= 11 is 0. The molecule has 2 aliphatic rings. The van der Waals surface area contributed by atoms with Crippen molar-refractivity contribution in [2.75, 3.05) is 0 Å². The van der Waals surface area contributed by atoms with Gasteiger partial charge in [-0.05, 0) is 65.8 Å². The van der Waals surface area contributed by atoms with Crippen molar-refractivity contribution >= 4 is 20.9 Å². The van der Waals surface area contributed by atoms with Crippen LogP contribution >= 0.6 is 0 Å². The van der Waals surface area contributed by atoms with Crippen LogP contribution in [0.1, 0.15) is 70.0 Å². The molecular weight excluding hydrogens is 485 g/mol. The predicted octanol–water partition coefficient (Wildman–Crippen LogP) is 7.30. The molecule has 1 heterocycles. The minimum absolute atomic E-state index is 0.0797. The van der Waals surface area contributed by atoms with E-state index < -0.39 is 21.8 Å². The van der Waals surface area contributed by atoms with Gasteiger partial charge in [-0.2, -0.15) is 13.2 Å². The third kappa shape index (κ3) is 5.07. The lowest BCUT2D eigenvalue weighted by Gasteiger charge is -2.28. The monoisotopic (exact) mass is 518 g/mol. The van der Waals surface area contributed by atoms with Gasteiger partial charge >= 0.3 is 6.18 Å². The van der Waals surface area contributed by atoms with Crippen LogP contribution in [0, 0.1) is 11.3 Å². The molecule has 2 saturated carbocycles. The number of halogens is 3. The van der Waals surface area contributed by atoms with E-state index in [-0.39, 0.29) is 28.2 Å². The molecule has 0 radical (unpaired) electrons. The van der Waals surface area contributed by atoms with Crippen molar-refractivity contribution in [3.05, 3.63) is 59.8 Å². The lowest BCUT2D eigenvalue weighted by molar-refractivity contribution is -0.137. The van der Waals surface area contributed by atoms with E-state index in [0.29, 0.717) is 24.9 Å². The Balaban J connectivity index is 1.63. The predicted molar refractivity (Wildman–Crippen MR) is 137 cm³/mol. The average molecular weight is 519 g/mol. The first-order valence-corrected chi connectivity index (χ1v) is 14.2. The highest BCUT2D eigenvalue weighted by molar-refractivity contribution is 7.90. The van der Waals surface area contributed by atoms with Gasteiger partial charge < -0.3 is 4.57 Å². The summed E-state index contributed by atoms with van der Waals surface area (Å²) in [6.07, 6.45) is 1.80. The lowest BCUT2D eigenvalue weighted by Crippen LogP contribution is -2.40. The molecule has 1 N–H and O–H groups in total. The van der Waals surface area contributed by atoms with Gasteiger partial charge in [0.2, 0.25) is 10.0 Å². The molecule has 2 aromatic carbocycles. The van der Waals surface area contributed by atoms with Gasteiger partial charge in [-0.1, -0.05) is 57.5 Å². The van der Waals surface area contributed by atoms with E-state index >= 15 is 0 Å². The summed E-state index contributed by atoms with van der Waals surface area (Å²) in [5.41, 5.74) is 1.62. The highest BCUT2D eigenvalue weighted by Gasteiger charge is 2.40. The Morgan fingerprint density at radius 2 is 1.72 bits per heavy atom. The SMILES string of the molecule is CC(C)(C)Cn1cc(C(NS(=O)(=O)C2CCC2)C2CC2)c2ccc(-c3ccccc3C(F)(F)F)cc21. The van der Waals surface area contributed by atoms with Gasteiger partial charge in [-0.25, -0.2) is 13.1 Å². The van der Waals surface area contributed by atoms with E-state index in [9.17, 15) is 21.6 Å². The minimum atomic E-state index is -4.46. The van der Waals surface area contributed by atoms with Crippen LogP contribution in [-0.2, 0) is 22.7 Å². The van der Waals surface area contributed by atoms with Crippen LogP contribution in [0.25, 0.3) is 22.0 Å². The molecule has 0 saturated heterocycles. The number of hydrogen-bond acceptors (Lipinski definition) is 2. The largest absolute Gasteiger partial charge is 0.417 e. The standard InChI is InChI=1S/C28H33F3N2O2S/c1-27(2,3)17-33-16-23(26(18-11-12-18)32-36(34,35)20-7-6-8-20)22-14-13-19(15-25(22)33)21-9-4-5-10-24(21)28(29,30)31/h4-5,9-10,13-16,18,20,26,32H,6-8,11-12,17H2,1-3H3. The van der Waals surface area contributed by atoms with Gasteiger partial charge in [0.05, 0.1) is 16.9 Å². The summed E-state index contributed by atoms with van der Waals surface area (Å²) in [4.78, 5) is 0. The summed E-state index contributed by atoms with van der Waals surface area (Å²) in [5, 5.41) is 0.563. The van der Waals surface area contributed by atoms with E-state index in [4.69, 9.17) is 0 Å². The topological polar surface area (TPSA) is 51.1 Å². The molecular formula is C28H33F3N2O2S. The number of aromatic nitrogens is 1. The summed E-state index contributed by atoms with van der Waals surface area (Å²) in [5.74, 6) is 0.235. The van der Waals surface area contributed by atoms with Crippen LogP contribution in [0.15, 0.2) is 48.7 Å². The number of sulfonamides is 1. The van der Waals surface area contributed by atoms with Crippen LogP contribution < -0.4 is 4.72 Å². The zero-order valence-corrected chi connectivity index (χ0v) is 21.7. The second kappa shape index (κ2) is 8.91. The van der Waals surface area contributed by atoms with E-state index in [1.165, 1.54) is 12.1 Å². The fourth-order valence-electron chi connectivity index (χ4n) is 5.16. The lowest BCUT2D eigenvalue weighted by atomic mass is 9.96. The molecule has 1 atom stereocenters. The third-order valence-corrected chi connectivity index (χ3v) is 9.24. The van der Waals surface area contributed by atoms with Gasteiger partial charge in [0, 0.05) is 23.6 Å². The van der Waals surface area contributed by atoms with Gasteiger partial charge in [-0.15, -0.1) is 0 Å². The molecule has 36 heavy (non-hydrogen) atoms. The van der Waals surface area contributed by atoms with E-state index in [1.54, 1.807) is 12.1 Å². The summed E-state index contributed by atoms with van der Waals surface area (Å²) in [7, 11) is -3.43. The molecule has 2 aliphatic carbocycles. The summed E-state index contributed by atoms with van der Waals surface area (Å²) < 4.78 is 72.4. The molecule has 1 aromatic heterocycles. The fraction of sp³-hybridized carbons (Fsp3) is 0.500. The molecule has 2 fully saturated rings. The van der Waals surface area contributed by atoms with Crippen molar-refractivity contribution < 1.29 is 21.6 Å². The maximum atomic E-state index is 13.7. The smallest absolute Gasteiger partial charge is 0.347 e. The Labute approximate surface area is 210 Å². The Morgan fingerprint density at radius 1 is 1.03 bits per heavy atom. The normalized spacial score (nSPS) is 18.4. The minimum Gasteiger partial charge on any atom is -0.347 e. The van der Waals surface area contributed by atoms with Gasteiger partial charge in [0.15, 0.2) is 0 Å². The van der Waals surface area contributed by atoms with Crippen molar-refractivity contribution in [2.24, 2.45) is 11.3 Å². The fourth-order valence-corrected chi connectivity index (χ4v) is 6.98. The highest BCUT2D eigenvalue weighted by Crippen LogP contribution is 2.46. The maximum absolute atomic E-state index is 13.7. The van der Waals surface area contributed by atoms with Gasteiger partial charge in [0.25, 0.3) is 0 Å². The molecule has 0 aliphatic heterocycles. The van der Waals surface area contributed by atoms with Crippen LogP contribution in [-0.4, -0.2) is 18.2 Å². The second-order valence-electron chi connectivity index (χ2n) is 11.6. The first-order valence-electron chi connectivity index (χ1n) is 12.6. The third-order valence-electron chi connectivity index (χ3n) is 7.31. The molecule has 4 nitrogen and oxygen atoms in total. The summed E-state index contributed by atoms with van der Waals surface area (Å²) in [6.45, 7) is 6.98. The second-order valence-corrected chi connectivity index (χ2v) is 13.6. The Kier molecular flexibility index (Phi) is 6.27. The number of nitrogens with zero attached hydrogens (tertiary/aromatic N) is 1. The molecule has 5 rings (SSSR count).